The Morgan fingerprint density at radius 1 is 1.30 bits per heavy atom. The van der Waals surface area contributed by atoms with Gasteiger partial charge in [0.25, 0.3) is 0 Å². The minimum absolute atomic E-state index is 0.316. The summed E-state index contributed by atoms with van der Waals surface area (Å²) in [6.07, 6.45) is 1.71. The van der Waals surface area contributed by atoms with Crippen molar-refractivity contribution >= 4 is 22.9 Å². The van der Waals surface area contributed by atoms with Crippen LogP contribution in [-0.4, -0.2) is 21.5 Å². The Morgan fingerprint density at radius 2 is 2.10 bits per heavy atom. The molecule has 0 spiro atoms. The van der Waals surface area contributed by atoms with Gasteiger partial charge in [0.15, 0.2) is 0 Å². The second-order valence-corrected chi connectivity index (χ2v) is 4.96. The van der Waals surface area contributed by atoms with Crippen LogP contribution in [0.5, 0.6) is 0 Å². The number of nitrogens with zero attached hydrogens (tertiary/aromatic N) is 3. The van der Waals surface area contributed by atoms with Crippen molar-refractivity contribution in [3.63, 3.8) is 0 Å². The predicted octanol–water partition coefficient (Wildman–Crippen LogP) is 2.45. The van der Waals surface area contributed by atoms with Crippen LogP contribution in [0.3, 0.4) is 0 Å². The summed E-state index contributed by atoms with van der Waals surface area (Å²) in [4.78, 5) is 11.3. The average Bonchev–Trinajstić information content (AvgIpc) is 2.45. The SMILES string of the molecule is CCN(Cc1cccc(C)n1)c1cccnc1C(N)=S. The van der Waals surface area contributed by atoms with Crippen LogP contribution in [0.15, 0.2) is 36.5 Å². The second-order valence-electron chi connectivity index (χ2n) is 4.52. The molecule has 0 amide bonds. The number of rotatable bonds is 5. The largest absolute Gasteiger partial charge is 0.388 e. The lowest BCUT2D eigenvalue weighted by Gasteiger charge is -2.24. The highest BCUT2D eigenvalue weighted by atomic mass is 32.1. The number of nitrogens with two attached hydrogens (primary N) is 1. The molecule has 2 aromatic heterocycles. The normalized spacial score (nSPS) is 10.3. The van der Waals surface area contributed by atoms with Crippen LogP contribution < -0.4 is 10.6 Å². The summed E-state index contributed by atoms with van der Waals surface area (Å²) in [5, 5.41) is 0. The summed E-state index contributed by atoms with van der Waals surface area (Å²) < 4.78 is 0. The fourth-order valence-corrected chi connectivity index (χ4v) is 2.25. The quantitative estimate of drug-likeness (QED) is 0.856. The van der Waals surface area contributed by atoms with Gasteiger partial charge in [-0.05, 0) is 38.1 Å². The van der Waals surface area contributed by atoms with Gasteiger partial charge in [0, 0.05) is 18.4 Å². The van der Waals surface area contributed by atoms with Gasteiger partial charge < -0.3 is 10.6 Å². The smallest absolute Gasteiger partial charge is 0.124 e. The van der Waals surface area contributed by atoms with Gasteiger partial charge in [-0.2, -0.15) is 0 Å². The standard InChI is InChI=1S/C15H18N4S/c1-3-19(10-12-7-4-6-11(2)18-12)13-8-5-9-17-14(13)15(16)20/h4-9H,3,10H2,1-2H3,(H2,16,20). The molecule has 0 fully saturated rings. The first kappa shape index (κ1) is 14.4. The number of aromatic nitrogens is 2. The van der Waals surface area contributed by atoms with E-state index < -0.39 is 0 Å². The monoisotopic (exact) mass is 286 g/mol. The zero-order chi connectivity index (χ0) is 14.5. The Hall–Kier alpha value is -2.01. The maximum absolute atomic E-state index is 5.75. The fourth-order valence-electron chi connectivity index (χ4n) is 2.09. The summed E-state index contributed by atoms with van der Waals surface area (Å²) in [7, 11) is 0. The minimum atomic E-state index is 0.316. The van der Waals surface area contributed by atoms with Crippen LogP contribution in [0.1, 0.15) is 24.0 Å². The lowest BCUT2D eigenvalue weighted by atomic mass is 10.2. The van der Waals surface area contributed by atoms with E-state index in [1.165, 1.54) is 0 Å². The van der Waals surface area contributed by atoms with Crippen molar-refractivity contribution in [3.8, 4) is 0 Å². The van der Waals surface area contributed by atoms with E-state index in [-0.39, 0.29) is 0 Å². The Morgan fingerprint density at radius 3 is 2.75 bits per heavy atom. The summed E-state index contributed by atoms with van der Waals surface area (Å²) in [5.74, 6) is 0. The Bertz CT molecular complexity index is 612. The van der Waals surface area contributed by atoms with E-state index in [9.17, 15) is 0 Å². The summed E-state index contributed by atoms with van der Waals surface area (Å²) in [5.41, 5.74) is 9.40. The number of thiocarbonyl (C=S) groups is 1. The van der Waals surface area contributed by atoms with E-state index >= 15 is 0 Å². The molecule has 104 valence electrons. The molecular weight excluding hydrogens is 268 g/mol. The van der Waals surface area contributed by atoms with Gasteiger partial charge in [0.1, 0.15) is 10.7 Å². The Labute approximate surface area is 124 Å². The van der Waals surface area contributed by atoms with Crippen LogP contribution in [0.4, 0.5) is 5.69 Å². The first-order valence-electron chi connectivity index (χ1n) is 6.54. The van der Waals surface area contributed by atoms with Gasteiger partial charge in [0.05, 0.1) is 17.9 Å². The van der Waals surface area contributed by atoms with Crippen LogP contribution >= 0.6 is 12.2 Å². The van der Waals surface area contributed by atoms with Gasteiger partial charge in [-0.1, -0.05) is 18.3 Å². The molecule has 2 heterocycles. The molecule has 2 aromatic rings. The van der Waals surface area contributed by atoms with Gasteiger partial charge in [-0.15, -0.1) is 0 Å². The van der Waals surface area contributed by atoms with E-state index in [4.69, 9.17) is 18.0 Å². The molecule has 0 unspecified atom stereocenters. The number of hydrogen-bond acceptors (Lipinski definition) is 4. The first-order valence-corrected chi connectivity index (χ1v) is 6.95. The van der Waals surface area contributed by atoms with Crippen LogP contribution in [0.2, 0.25) is 0 Å². The van der Waals surface area contributed by atoms with Crippen molar-refractivity contribution in [2.24, 2.45) is 5.73 Å². The van der Waals surface area contributed by atoms with Gasteiger partial charge in [0.2, 0.25) is 0 Å². The van der Waals surface area contributed by atoms with E-state index in [2.05, 4.69) is 21.8 Å². The summed E-state index contributed by atoms with van der Waals surface area (Å²) >= 11 is 5.08. The molecule has 5 heteroatoms. The molecular formula is C15H18N4S. The number of hydrogen-bond donors (Lipinski definition) is 1. The molecule has 0 aromatic carbocycles. The highest BCUT2D eigenvalue weighted by Gasteiger charge is 2.13. The van der Waals surface area contributed by atoms with E-state index in [1.807, 2.05) is 37.3 Å². The molecule has 0 saturated heterocycles. The lowest BCUT2D eigenvalue weighted by Crippen LogP contribution is -2.26. The number of anilines is 1. The summed E-state index contributed by atoms with van der Waals surface area (Å²) in [6, 6.07) is 9.91. The molecule has 0 saturated carbocycles. The molecule has 0 aliphatic heterocycles. The molecule has 0 aliphatic carbocycles. The van der Waals surface area contributed by atoms with Gasteiger partial charge >= 0.3 is 0 Å². The topological polar surface area (TPSA) is 55.0 Å². The molecule has 2 rings (SSSR count). The van der Waals surface area contributed by atoms with Crippen LogP contribution in [0, 0.1) is 6.92 Å². The third kappa shape index (κ3) is 3.30. The van der Waals surface area contributed by atoms with Gasteiger partial charge in [-0.3, -0.25) is 9.97 Å². The zero-order valence-electron chi connectivity index (χ0n) is 11.7. The summed E-state index contributed by atoms with van der Waals surface area (Å²) in [6.45, 7) is 5.62. The van der Waals surface area contributed by atoms with E-state index in [1.54, 1.807) is 6.20 Å². The molecule has 0 bridgehead atoms. The highest BCUT2D eigenvalue weighted by molar-refractivity contribution is 7.80. The Balaban J connectivity index is 2.31. The third-order valence-corrected chi connectivity index (χ3v) is 3.23. The lowest BCUT2D eigenvalue weighted by molar-refractivity contribution is 0.802. The highest BCUT2D eigenvalue weighted by Crippen LogP contribution is 2.20. The third-order valence-electron chi connectivity index (χ3n) is 3.04. The molecule has 0 aliphatic rings. The maximum atomic E-state index is 5.75. The predicted molar refractivity (Wildman–Crippen MR) is 85.8 cm³/mol. The second kappa shape index (κ2) is 6.43. The van der Waals surface area contributed by atoms with Crippen molar-refractivity contribution < 1.29 is 0 Å². The van der Waals surface area contributed by atoms with Gasteiger partial charge in [-0.25, -0.2) is 0 Å². The van der Waals surface area contributed by atoms with Crippen LogP contribution in [0.25, 0.3) is 0 Å². The van der Waals surface area contributed by atoms with E-state index in [0.717, 1.165) is 23.6 Å². The zero-order valence-corrected chi connectivity index (χ0v) is 12.5. The molecule has 0 atom stereocenters. The van der Waals surface area contributed by atoms with Crippen molar-refractivity contribution in [3.05, 3.63) is 53.6 Å². The van der Waals surface area contributed by atoms with Crippen molar-refractivity contribution in [2.45, 2.75) is 20.4 Å². The Kier molecular flexibility index (Phi) is 4.63. The average molecular weight is 286 g/mol. The van der Waals surface area contributed by atoms with Crippen molar-refractivity contribution in [1.82, 2.24) is 9.97 Å². The van der Waals surface area contributed by atoms with Crippen molar-refractivity contribution in [1.29, 1.82) is 0 Å². The maximum Gasteiger partial charge on any atom is 0.124 e. The molecule has 0 radical (unpaired) electrons. The first-order chi connectivity index (χ1) is 9.61. The van der Waals surface area contributed by atoms with E-state index in [0.29, 0.717) is 17.2 Å². The van der Waals surface area contributed by atoms with Crippen LogP contribution in [-0.2, 0) is 6.54 Å². The van der Waals surface area contributed by atoms with Crippen molar-refractivity contribution in [2.75, 3.05) is 11.4 Å². The minimum Gasteiger partial charge on any atom is -0.388 e. The fraction of sp³-hybridized carbons (Fsp3) is 0.267. The molecule has 20 heavy (non-hydrogen) atoms. The molecule has 2 N–H and O–H groups in total. The number of pyridine rings is 2. The number of aryl methyl sites for hydroxylation is 1. The molecule has 4 nitrogen and oxygen atoms in total.